The van der Waals surface area contributed by atoms with E-state index in [2.05, 4.69) is 69.4 Å². The second-order valence-corrected chi connectivity index (χ2v) is 19.3. The first kappa shape index (κ1) is 63.4. The Morgan fingerprint density at radius 2 is 0.576 bits per heavy atom. The molecule has 0 aromatic heterocycles. The van der Waals surface area contributed by atoms with Gasteiger partial charge >= 0.3 is 17.9 Å². The van der Waals surface area contributed by atoms with Gasteiger partial charge in [-0.25, -0.2) is 0 Å². The fraction of sp³-hybridized carbons (Fsp3) is 0.817. The lowest BCUT2D eigenvalue weighted by Crippen LogP contribution is -2.30. The summed E-state index contributed by atoms with van der Waals surface area (Å²) in [6, 6.07) is 0. The fourth-order valence-corrected chi connectivity index (χ4v) is 8.25. The molecule has 0 aliphatic carbocycles. The summed E-state index contributed by atoms with van der Waals surface area (Å²) in [5.74, 6) is -0.898. The van der Waals surface area contributed by atoms with Gasteiger partial charge in [-0.15, -0.1) is 0 Å². The number of ether oxygens (including phenoxy) is 3. The van der Waals surface area contributed by atoms with Crippen molar-refractivity contribution in [2.24, 2.45) is 0 Å². The van der Waals surface area contributed by atoms with E-state index >= 15 is 0 Å². The molecule has 0 heterocycles. The lowest BCUT2D eigenvalue weighted by atomic mass is 10.0. The number of carbonyl (C=O) groups excluding carboxylic acids is 3. The van der Waals surface area contributed by atoms with Crippen LogP contribution >= 0.6 is 0 Å². The van der Waals surface area contributed by atoms with E-state index in [4.69, 9.17) is 14.2 Å². The smallest absolute Gasteiger partial charge is 0.306 e. The van der Waals surface area contributed by atoms with Crippen molar-refractivity contribution in [1.82, 2.24) is 0 Å². The predicted octanol–water partition coefficient (Wildman–Crippen LogP) is 19.0. The van der Waals surface area contributed by atoms with Gasteiger partial charge < -0.3 is 14.2 Å². The summed E-state index contributed by atoms with van der Waals surface area (Å²) >= 11 is 0. The van der Waals surface area contributed by atoms with E-state index in [0.29, 0.717) is 19.3 Å². The number of carbonyl (C=O) groups is 3. The molecule has 66 heavy (non-hydrogen) atoms. The van der Waals surface area contributed by atoms with E-state index < -0.39 is 6.10 Å². The van der Waals surface area contributed by atoms with Crippen LogP contribution in [0.1, 0.15) is 297 Å². The monoisotopic (exact) mass is 925 g/mol. The van der Waals surface area contributed by atoms with Crippen molar-refractivity contribution >= 4 is 17.9 Å². The van der Waals surface area contributed by atoms with Gasteiger partial charge in [0.05, 0.1) is 0 Å². The summed E-state index contributed by atoms with van der Waals surface area (Å²) in [7, 11) is 0. The molecule has 0 amide bonds. The topological polar surface area (TPSA) is 78.9 Å². The van der Waals surface area contributed by atoms with Crippen molar-refractivity contribution in [2.45, 2.75) is 303 Å². The second kappa shape index (κ2) is 55.0. The average Bonchev–Trinajstić information content (AvgIpc) is 3.31. The zero-order valence-electron chi connectivity index (χ0n) is 44.0. The number of unbranched alkanes of at least 4 members (excludes halogenated alkanes) is 35. The van der Waals surface area contributed by atoms with Crippen molar-refractivity contribution in [3.8, 4) is 0 Å². The number of hydrogen-bond donors (Lipinski definition) is 0. The summed E-state index contributed by atoms with van der Waals surface area (Å²) in [6.07, 6.45) is 66.7. The van der Waals surface area contributed by atoms with E-state index in [1.807, 2.05) is 0 Å². The molecule has 0 rings (SSSR count). The highest BCUT2D eigenvalue weighted by Crippen LogP contribution is 2.16. The number of esters is 3. The zero-order chi connectivity index (χ0) is 47.9. The molecular formula is C60H108O6. The molecule has 0 fully saturated rings. The minimum Gasteiger partial charge on any atom is -0.462 e. The van der Waals surface area contributed by atoms with Crippen molar-refractivity contribution < 1.29 is 28.6 Å². The van der Waals surface area contributed by atoms with Gasteiger partial charge in [-0.3, -0.25) is 14.4 Å². The summed E-state index contributed by atoms with van der Waals surface area (Å²) in [4.78, 5) is 38.1. The molecule has 0 aliphatic rings. The quantitative estimate of drug-likeness (QED) is 0.0199. The first-order valence-corrected chi connectivity index (χ1v) is 28.7. The maximum Gasteiger partial charge on any atom is 0.306 e. The highest BCUT2D eigenvalue weighted by atomic mass is 16.6. The molecule has 384 valence electrons. The Labute approximate surface area is 409 Å². The van der Waals surface area contributed by atoms with Crippen LogP contribution in [0.5, 0.6) is 0 Å². The Morgan fingerprint density at radius 3 is 0.924 bits per heavy atom. The van der Waals surface area contributed by atoms with E-state index in [-0.39, 0.29) is 31.1 Å². The third-order valence-electron chi connectivity index (χ3n) is 12.6. The minimum absolute atomic E-state index is 0.0814. The fourth-order valence-electron chi connectivity index (χ4n) is 8.25. The van der Waals surface area contributed by atoms with Crippen LogP contribution in [0.3, 0.4) is 0 Å². The van der Waals surface area contributed by atoms with Gasteiger partial charge in [-0.1, -0.05) is 262 Å². The molecule has 0 aromatic carbocycles. The van der Waals surface area contributed by atoms with Crippen LogP contribution < -0.4 is 0 Å². The lowest BCUT2D eigenvalue weighted by Gasteiger charge is -2.18. The van der Waals surface area contributed by atoms with Gasteiger partial charge in [-0.05, 0) is 64.2 Å². The first-order valence-electron chi connectivity index (χ1n) is 28.7. The SMILES string of the molecule is CCCC/C=C\CCCCCCCC(=O)OCC(COC(=O)CCCCCCCCCCCCCCCCCCCCC)OC(=O)CCCCCCC\C=C/C=C\C=C/CCCCCCC. The average molecular weight is 926 g/mol. The van der Waals surface area contributed by atoms with E-state index in [1.54, 1.807) is 0 Å². The highest BCUT2D eigenvalue weighted by molar-refractivity contribution is 5.71. The number of hydrogen-bond acceptors (Lipinski definition) is 6. The Bertz CT molecular complexity index is 1150. The van der Waals surface area contributed by atoms with E-state index in [9.17, 15) is 14.4 Å². The van der Waals surface area contributed by atoms with Crippen LogP contribution in [0, 0.1) is 0 Å². The van der Waals surface area contributed by atoms with Gasteiger partial charge in [-0.2, -0.15) is 0 Å². The Balaban J connectivity index is 4.34. The molecule has 6 nitrogen and oxygen atoms in total. The summed E-state index contributed by atoms with van der Waals surface area (Å²) in [5, 5.41) is 0. The van der Waals surface area contributed by atoms with Crippen LogP contribution in [0.2, 0.25) is 0 Å². The molecule has 0 spiro atoms. The molecule has 6 heteroatoms. The van der Waals surface area contributed by atoms with Crippen LogP contribution in [0.25, 0.3) is 0 Å². The largest absolute Gasteiger partial charge is 0.462 e. The molecular weight excluding hydrogens is 817 g/mol. The van der Waals surface area contributed by atoms with E-state index in [1.165, 1.54) is 173 Å². The summed E-state index contributed by atoms with van der Waals surface area (Å²) in [6.45, 7) is 6.59. The predicted molar refractivity (Wildman–Crippen MR) is 284 cm³/mol. The Hall–Kier alpha value is -2.63. The standard InChI is InChI=1S/C60H108O6/c1-4-7-10-13-16-19-22-24-26-28-30-32-33-35-38-41-44-47-50-53-59(62)65-56-57(55-64-58(61)52-49-46-43-40-37-21-18-15-12-9-6-3)66-60(63)54-51-48-45-42-39-36-34-31-29-27-25-23-20-17-14-11-8-5-2/h15,18,23,25,27,29,31,34,57H,4-14,16-17,19-22,24,26,28,30,32-33,35-56H2,1-3H3/b18-15-,25-23-,29-27-,34-31-. The Kier molecular flexibility index (Phi) is 52.8. The van der Waals surface area contributed by atoms with Crippen LogP contribution in [-0.2, 0) is 28.6 Å². The van der Waals surface area contributed by atoms with Crippen LogP contribution in [-0.4, -0.2) is 37.2 Å². The molecule has 0 N–H and O–H groups in total. The normalized spacial score (nSPS) is 12.3. The molecule has 0 bridgehead atoms. The molecule has 0 saturated heterocycles. The van der Waals surface area contributed by atoms with Gasteiger partial charge in [0.15, 0.2) is 6.10 Å². The first-order chi connectivity index (χ1) is 32.5. The van der Waals surface area contributed by atoms with Crippen LogP contribution in [0.15, 0.2) is 48.6 Å². The second-order valence-electron chi connectivity index (χ2n) is 19.3. The number of allylic oxidation sites excluding steroid dienone is 8. The Morgan fingerprint density at radius 1 is 0.303 bits per heavy atom. The van der Waals surface area contributed by atoms with Gasteiger partial charge in [0.1, 0.15) is 13.2 Å². The van der Waals surface area contributed by atoms with E-state index in [0.717, 1.165) is 83.5 Å². The molecule has 1 unspecified atom stereocenters. The van der Waals surface area contributed by atoms with Gasteiger partial charge in [0.25, 0.3) is 0 Å². The molecule has 1 atom stereocenters. The summed E-state index contributed by atoms with van der Waals surface area (Å²) in [5.41, 5.74) is 0. The van der Waals surface area contributed by atoms with Gasteiger partial charge in [0.2, 0.25) is 0 Å². The molecule has 0 radical (unpaired) electrons. The highest BCUT2D eigenvalue weighted by Gasteiger charge is 2.19. The number of rotatable bonds is 52. The van der Waals surface area contributed by atoms with Crippen molar-refractivity contribution in [1.29, 1.82) is 0 Å². The van der Waals surface area contributed by atoms with Crippen LogP contribution in [0.4, 0.5) is 0 Å². The third kappa shape index (κ3) is 52.3. The molecule has 0 aliphatic heterocycles. The maximum atomic E-state index is 12.8. The maximum absolute atomic E-state index is 12.8. The molecule has 0 saturated carbocycles. The molecule has 0 aromatic rings. The van der Waals surface area contributed by atoms with Gasteiger partial charge in [0, 0.05) is 19.3 Å². The minimum atomic E-state index is -0.784. The summed E-state index contributed by atoms with van der Waals surface area (Å²) < 4.78 is 16.8. The van der Waals surface area contributed by atoms with Crippen molar-refractivity contribution in [2.75, 3.05) is 13.2 Å². The lowest BCUT2D eigenvalue weighted by molar-refractivity contribution is -0.167. The zero-order valence-corrected chi connectivity index (χ0v) is 44.0. The van der Waals surface area contributed by atoms with Crippen molar-refractivity contribution in [3.05, 3.63) is 48.6 Å². The van der Waals surface area contributed by atoms with Crippen molar-refractivity contribution in [3.63, 3.8) is 0 Å². The third-order valence-corrected chi connectivity index (χ3v) is 12.6.